The van der Waals surface area contributed by atoms with Gasteiger partial charge in [-0.1, -0.05) is 39.0 Å². The van der Waals surface area contributed by atoms with E-state index in [1.165, 1.54) is 11.1 Å². The van der Waals surface area contributed by atoms with E-state index in [0.29, 0.717) is 0 Å². The molecule has 0 amide bonds. The molecule has 0 saturated heterocycles. The standard InChI is InChI=1S/C12H18O/c1-9-10(8-13)6-5-7-11(9)12(2,3)4/h5-7,13H,8H2,1-4H3. The number of benzene rings is 1. The average Bonchev–Trinajstić information content (AvgIpc) is 2.02. The lowest BCUT2D eigenvalue weighted by atomic mass is 9.83. The molecule has 0 unspecified atom stereocenters. The van der Waals surface area contributed by atoms with Crippen molar-refractivity contribution in [2.45, 2.75) is 39.7 Å². The fraction of sp³-hybridized carbons (Fsp3) is 0.500. The van der Waals surface area contributed by atoms with Crippen LogP contribution in [0.25, 0.3) is 0 Å². The molecular weight excluding hydrogens is 160 g/mol. The minimum Gasteiger partial charge on any atom is -0.392 e. The van der Waals surface area contributed by atoms with Gasteiger partial charge >= 0.3 is 0 Å². The third kappa shape index (κ3) is 2.10. The van der Waals surface area contributed by atoms with Gasteiger partial charge in [0.05, 0.1) is 6.61 Å². The molecule has 0 atom stereocenters. The maximum Gasteiger partial charge on any atom is 0.0684 e. The molecular formula is C12H18O. The maximum atomic E-state index is 9.11. The summed E-state index contributed by atoms with van der Waals surface area (Å²) in [5, 5.41) is 9.11. The number of rotatable bonds is 1. The van der Waals surface area contributed by atoms with Crippen LogP contribution < -0.4 is 0 Å². The molecule has 0 aromatic heterocycles. The molecule has 0 spiro atoms. The summed E-state index contributed by atoms with van der Waals surface area (Å²) >= 11 is 0. The van der Waals surface area contributed by atoms with E-state index in [2.05, 4.69) is 33.8 Å². The van der Waals surface area contributed by atoms with Crippen molar-refractivity contribution in [2.75, 3.05) is 0 Å². The first kappa shape index (κ1) is 10.3. The maximum absolute atomic E-state index is 9.11. The number of hydrogen-bond acceptors (Lipinski definition) is 1. The molecule has 13 heavy (non-hydrogen) atoms. The van der Waals surface area contributed by atoms with E-state index in [4.69, 9.17) is 5.11 Å². The quantitative estimate of drug-likeness (QED) is 0.701. The first-order valence-corrected chi connectivity index (χ1v) is 4.66. The smallest absolute Gasteiger partial charge is 0.0684 e. The normalized spacial score (nSPS) is 11.8. The molecule has 0 radical (unpaired) electrons. The highest BCUT2D eigenvalue weighted by molar-refractivity contribution is 5.37. The van der Waals surface area contributed by atoms with Gasteiger partial charge in [0.2, 0.25) is 0 Å². The molecule has 1 aromatic rings. The fourth-order valence-corrected chi connectivity index (χ4v) is 1.67. The van der Waals surface area contributed by atoms with Crippen LogP contribution in [-0.2, 0) is 12.0 Å². The summed E-state index contributed by atoms with van der Waals surface area (Å²) in [6.45, 7) is 8.78. The van der Waals surface area contributed by atoms with E-state index >= 15 is 0 Å². The third-order valence-corrected chi connectivity index (χ3v) is 2.42. The van der Waals surface area contributed by atoms with Gasteiger partial charge in [-0.15, -0.1) is 0 Å². The van der Waals surface area contributed by atoms with E-state index in [9.17, 15) is 0 Å². The van der Waals surface area contributed by atoms with Gasteiger partial charge in [-0.2, -0.15) is 0 Å². The highest BCUT2D eigenvalue weighted by atomic mass is 16.3. The Kier molecular flexibility index (Phi) is 2.77. The van der Waals surface area contributed by atoms with Crippen LogP contribution in [0.4, 0.5) is 0 Å². The Hall–Kier alpha value is -0.820. The van der Waals surface area contributed by atoms with Crippen LogP contribution >= 0.6 is 0 Å². The number of aliphatic hydroxyl groups excluding tert-OH is 1. The second-order valence-corrected chi connectivity index (χ2v) is 4.50. The summed E-state index contributed by atoms with van der Waals surface area (Å²) in [5.74, 6) is 0. The van der Waals surface area contributed by atoms with Gasteiger partial charge in [0.15, 0.2) is 0 Å². The van der Waals surface area contributed by atoms with E-state index in [1.807, 2.05) is 12.1 Å². The molecule has 1 aromatic carbocycles. The van der Waals surface area contributed by atoms with Gasteiger partial charge in [0.1, 0.15) is 0 Å². The van der Waals surface area contributed by atoms with E-state index in [-0.39, 0.29) is 12.0 Å². The summed E-state index contributed by atoms with van der Waals surface area (Å²) in [6.07, 6.45) is 0. The van der Waals surface area contributed by atoms with Crippen LogP contribution in [0.1, 0.15) is 37.5 Å². The molecule has 72 valence electrons. The topological polar surface area (TPSA) is 20.2 Å². The Morgan fingerprint density at radius 3 is 2.31 bits per heavy atom. The summed E-state index contributed by atoms with van der Waals surface area (Å²) in [5.41, 5.74) is 3.74. The Morgan fingerprint density at radius 2 is 1.85 bits per heavy atom. The summed E-state index contributed by atoms with van der Waals surface area (Å²) < 4.78 is 0. The Balaban J connectivity index is 3.24. The minimum absolute atomic E-state index is 0.135. The van der Waals surface area contributed by atoms with Crippen LogP contribution in [0, 0.1) is 6.92 Å². The molecule has 0 heterocycles. The molecule has 0 aliphatic carbocycles. The molecule has 0 aliphatic rings. The third-order valence-electron chi connectivity index (χ3n) is 2.42. The largest absolute Gasteiger partial charge is 0.392 e. The van der Waals surface area contributed by atoms with E-state index in [0.717, 1.165) is 5.56 Å². The molecule has 1 rings (SSSR count). The summed E-state index contributed by atoms with van der Waals surface area (Å²) in [4.78, 5) is 0. The van der Waals surface area contributed by atoms with Crippen molar-refractivity contribution in [1.82, 2.24) is 0 Å². The van der Waals surface area contributed by atoms with Crippen molar-refractivity contribution in [2.24, 2.45) is 0 Å². The second-order valence-electron chi connectivity index (χ2n) is 4.50. The van der Waals surface area contributed by atoms with Crippen molar-refractivity contribution in [3.63, 3.8) is 0 Å². The van der Waals surface area contributed by atoms with Crippen molar-refractivity contribution < 1.29 is 5.11 Å². The monoisotopic (exact) mass is 178 g/mol. The van der Waals surface area contributed by atoms with Crippen LogP contribution in [0.3, 0.4) is 0 Å². The lowest BCUT2D eigenvalue weighted by Gasteiger charge is -2.22. The van der Waals surface area contributed by atoms with Crippen LogP contribution in [0.15, 0.2) is 18.2 Å². The van der Waals surface area contributed by atoms with Crippen LogP contribution in [-0.4, -0.2) is 5.11 Å². The first-order chi connectivity index (χ1) is 5.96. The average molecular weight is 178 g/mol. The fourth-order valence-electron chi connectivity index (χ4n) is 1.67. The van der Waals surface area contributed by atoms with Crippen molar-refractivity contribution in [3.05, 3.63) is 34.9 Å². The molecule has 1 nitrogen and oxygen atoms in total. The molecule has 0 bridgehead atoms. The minimum atomic E-state index is 0.135. The second kappa shape index (κ2) is 3.51. The lowest BCUT2D eigenvalue weighted by Crippen LogP contribution is -2.14. The number of hydrogen-bond donors (Lipinski definition) is 1. The molecule has 0 fully saturated rings. The van der Waals surface area contributed by atoms with E-state index in [1.54, 1.807) is 0 Å². The van der Waals surface area contributed by atoms with Gasteiger partial charge in [-0.25, -0.2) is 0 Å². The predicted octanol–water partition coefficient (Wildman–Crippen LogP) is 2.78. The predicted molar refractivity (Wildman–Crippen MR) is 55.8 cm³/mol. The first-order valence-electron chi connectivity index (χ1n) is 4.66. The Bertz CT molecular complexity index is 294. The van der Waals surface area contributed by atoms with Gasteiger partial charge < -0.3 is 5.11 Å². The zero-order chi connectivity index (χ0) is 10.1. The molecule has 1 heteroatoms. The summed E-state index contributed by atoms with van der Waals surface area (Å²) in [6, 6.07) is 6.12. The van der Waals surface area contributed by atoms with Gasteiger partial charge in [-0.3, -0.25) is 0 Å². The Labute approximate surface area is 80.4 Å². The Morgan fingerprint density at radius 1 is 1.23 bits per heavy atom. The SMILES string of the molecule is Cc1c(CO)cccc1C(C)(C)C. The van der Waals surface area contributed by atoms with Crippen LogP contribution in [0.2, 0.25) is 0 Å². The molecule has 1 N–H and O–H groups in total. The van der Waals surface area contributed by atoms with Crippen LogP contribution in [0.5, 0.6) is 0 Å². The molecule has 0 saturated carbocycles. The number of aliphatic hydroxyl groups is 1. The van der Waals surface area contributed by atoms with Crippen molar-refractivity contribution in [1.29, 1.82) is 0 Å². The lowest BCUT2D eigenvalue weighted by molar-refractivity contribution is 0.280. The van der Waals surface area contributed by atoms with Gasteiger partial charge in [0.25, 0.3) is 0 Å². The van der Waals surface area contributed by atoms with Gasteiger partial charge in [-0.05, 0) is 29.0 Å². The summed E-state index contributed by atoms with van der Waals surface area (Å²) in [7, 11) is 0. The zero-order valence-electron chi connectivity index (χ0n) is 8.89. The van der Waals surface area contributed by atoms with Crippen molar-refractivity contribution in [3.8, 4) is 0 Å². The van der Waals surface area contributed by atoms with Crippen molar-refractivity contribution >= 4 is 0 Å². The van der Waals surface area contributed by atoms with E-state index < -0.39 is 0 Å². The van der Waals surface area contributed by atoms with Gasteiger partial charge in [0, 0.05) is 0 Å². The zero-order valence-corrected chi connectivity index (χ0v) is 8.89. The highest BCUT2D eigenvalue weighted by Gasteiger charge is 2.16. The highest BCUT2D eigenvalue weighted by Crippen LogP contribution is 2.27. The molecule has 0 aliphatic heterocycles.